The molecule has 0 heterocycles. The van der Waals surface area contributed by atoms with Crippen LogP contribution in [0.4, 0.5) is 0 Å². The van der Waals surface area contributed by atoms with E-state index >= 15 is 0 Å². The monoisotopic (exact) mass is 265 g/mol. The van der Waals surface area contributed by atoms with Gasteiger partial charge in [0.05, 0.1) is 6.04 Å². The fraction of sp³-hybridized carbons (Fsp3) is 0.600. The molecule has 2 atom stereocenters. The van der Waals surface area contributed by atoms with Gasteiger partial charge in [-0.05, 0) is 57.6 Å². The van der Waals surface area contributed by atoms with Gasteiger partial charge in [-0.15, -0.1) is 4.72 Å². The first-order valence-electron chi connectivity index (χ1n) is 6.66. The largest absolute Gasteiger partial charge is 0.598 e. The van der Waals surface area contributed by atoms with Gasteiger partial charge in [0.25, 0.3) is 0 Å². The quantitative estimate of drug-likeness (QED) is 0.843. The number of nitrogens with one attached hydrogen (secondary N) is 1. The van der Waals surface area contributed by atoms with Crippen LogP contribution in [0.2, 0.25) is 0 Å². The van der Waals surface area contributed by atoms with Crippen LogP contribution < -0.4 is 4.72 Å². The molecule has 1 saturated carbocycles. The zero-order valence-corrected chi connectivity index (χ0v) is 12.5. The van der Waals surface area contributed by atoms with Crippen LogP contribution in [0.5, 0.6) is 0 Å². The summed E-state index contributed by atoms with van der Waals surface area (Å²) in [6, 6.07) is 8.82. The van der Waals surface area contributed by atoms with Gasteiger partial charge in [-0.3, -0.25) is 0 Å². The first-order valence-corrected chi connectivity index (χ1v) is 7.81. The zero-order chi connectivity index (χ0) is 13.3. The van der Waals surface area contributed by atoms with Gasteiger partial charge in [0, 0.05) is 11.4 Å². The molecule has 0 aromatic heterocycles. The maximum Gasteiger partial charge on any atom is 0.136 e. The van der Waals surface area contributed by atoms with Crippen molar-refractivity contribution < 1.29 is 4.55 Å². The molecule has 0 saturated heterocycles. The van der Waals surface area contributed by atoms with E-state index in [0.29, 0.717) is 0 Å². The van der Waals surface area contributed by atoms with Gasteiger partial charge in [0.1, 0.15) is 4.75 Å². The Kier molecular flexibility index (Phi) is 4.05. The second-order valence-electron chi connectivity index (χ2n) is 6.17. The van der Waals surface area contributed by atoms with Crippen molar-refractivity contribution in [2.24, 2.45) is 0 Å². The predicted molar refractivity (Wildman–Crippen MR) is 77.9 cm³/mol. The smallest absolute Gasteiger partial charge is 0.136 e. The van der Waals surface area contributed by atoms with E-state index in [1.54, 1.807) is 0 Å². The van der Waals surface area contributed by atoms with Crippen molar-refractivity contribution in [1.29, 1.82) is 0 Å². The summed E-state index contributed by atoms with van der Waals surface area (Å²) in [6.07, 6.45) is 2.64. The average Bonchev–Trinajstić information content (AvgIpc) is 3.11. The van der Waals surface area contributed by atoms with E-state index in [9.17, 15) is 4.55 Å². The van der Waals surface area contributed by atoms with E-state index in [2.05, 4.69) is 35.9 Å². The molecule has 0 radical (unpaired) electrons. The predicted octanol–water partition coefficient (Wildman–Crippen LogP) is 3.68. The lowest BCUT2D eigenvalue weighted by atomic mass is 10.0. The minimum absolute atomic E-state index is 0.128. The summed E-state index contributed by atoms with van der Waals surface area (Å²) in [6.45, 7) is 8.05. The van der Waals surface area contributed by atoms with Crippen molar-refractivity contribution in [2.75, 3.05) is 0 Å². The van der Waals surface area contributed by atoms with Crippen LogP contribution in [0.3, 0.4) is 0 Å². The molecule has 18 heavy (non-hydrogen) atoms. The second-order valence-corrected chi connectivity index (χ2v) is 8.16. The van der Waals surface area contributed by atoms with Crippen LogP contribution in [0.1, 0.15) is 63.6 Å². The van der Waals surface area contributed by atoms with Crippen LogP contribution in [-0.4, -0.2) is 9.30 Å². The first-order chi connectivity index (χ1) is 8.38. The van der Waals surface area contributed by atoms with Crippen LogP contribution in [0.25, 0.3) is 0 Å². The van der Waals surface area contributed by atoms with E-state index in [0.717, 1.165) is 5.92 Å². The molecular formula is C15H23NOS. The minimum Gasteiger partial charge on any atom is -0.598 e. The Balaban J connectivity index is 2.04. The van der Waals surface area contributed by atoms with Gasteiger partial charge in [-0.25, -0.2) is 0 Å². The molecule has 0 aliphatic heterocycles. The van der Waals surface area contributed by atoms with Gasteiger partial charge in [0.15, 0.2) is 0 Å². The highest BCUT2D eigenvalue weighted by Crippen LogP contribution is 2.40. The zero-order valence-electron chi connectivity index (χ0n) is 11.7. The molecule has 0 amide bonds. The number of rotatable bonds is 4. The molecule has 100 valence electrons. The summed E-state index contributed by atoms with van der Waals surface area (Å²) in [4.78, 5) is 0. The number of hydrogen-bond donors (Lipinski definition) is 1. The topological polar surface area (TPSA) is 35.1 Å². The molecule has 1 aliphatic rings. The highest BCUT2D eigenvalue weighted by atomic mass is 32.2. The molecule has 0 spiro atoms. The maximum atomic E-state index is 12.1. The third-order valence-corrected chi connectivity index (χ3v) is 4.98. The molecule has 2 rings (SSSR count). The van der Waals surface area contributed by atoms with Crippen molar-refractivity contribution in [3.8, 4) is 0 Å². The lowest BCUT2D eigenvalue weighted by Crippen LogP contribution is -2.40. The van der Waals surface area contributed by atoms with Crippen molar-refractivity contribution in [2.45, 2.75) is 57.2 Å². The van der Waals surface area contributed by atoms with Crippen LogP contribution in [-0.2, 0) is 11.4 Å². The standard InChI is InChI=1S/C15H23NOS/c1-11(16-18(17)15(2,3)4)13-6-5-7-14(10-13)12-8-9-12/h5-7,10-12,16H,8-9H2,1-4H3. The van der Waals surface area contributed by atoms with Gasteiger partial charge in [0.2, 0.25) is 0 Å². The third-order valence-electron chi connectivity index (χ3n) is 3.30. The van der Waals surface area contributed by atoms with Gasteiger partial charge in [-0.1, -0.05) is 24.3 Å². The molecule has 2 nitrogen and oxygen atoms in total. The van der Waals surface area contributed by atoms with E-state index in [-0.39, 0.29) is 10.8 Å². The van der Waals surface area contributed by atoms with E-state index in [4.69, 9.17) is 0 Å². The Labute approximate surface area is 113 Å². The Morgan fingerprint density at radius 2 is 2.00 bits per heavy atom. The Morgan fingerprint density at radius 1 is 1.33 bits per heavy atom. The second kappa shape index (κ2) is 5.24. The van der Waals surface area contributed by atoms with Gasteiger partial charge < -0.3 is 4.55 Å². The molecule has 1 aliphatic carbocycles. The van der Waals surface area contributed by atoms with Crippen molar-refractivity contribution in [3.63, 3.8) is 0 Å². The molecule has 1 aromatic carbocycles. The Bertz CT molecular complexity index is 409. The van der Waals surface area contributed by atoms with E-state index in [1.807, 2.05) is 20.8 Å². The molecule has 1 fully saturated rings. The first kappa shape index (κ1) is 13.9. The molecule has 1 aromatic rings. The Morgan fingerprint density at radius 3 is 2.56 bits per heavy atom. The third kappa shape index (κ3) is 3.50. The van der Waals surface area contributed by atoms with Gasteiger partial charge >= 0.3 is 0 Å². The number of benzene rings is 1. The van der Waals surface area contributed by atoms with Gasteiger partial charge in [-0.2, -0.15) is 0 Å². The summed E-state index contributed by atoms with van der Waals surface area (Å²) < 4.78 is 15.1. The molecule has 0 bridgehead atoms. The van der Waals surface area contributed by atoms with Crippen molar-refractivity contribution in [3.05, 3.63) is 35.4 Å². The summed E-state index contributed by atoms with van der Waals surface area (Å²) in [7, 11) is 0. The molecule has 2 unspecified atom stereocenters. The van der Waals surface area contributed by atoms with E-state index in [1.165, 1.54) is 24.0 Å². The normalized spacial score (nSPS) is 19.6. The lowest BCUT2D eigenvalue weighted by Gasteiger charge is -2.26. The fourth-order valence-electron chi connectivity index (χ4n) is 1.90. The number of hydrogen-bond acceptors (Lipinski definition) is 2. The van der Waals surface area contributed by atoms with E-state index < -0.39 is 11.4 Å². The highest BCUT2D eigenvalue weighted by Gasteiger charge is 2.29. The molecule has 1 N–H and O–H groups in total. The average molecular weight is 265 g/mol. The van der Waals surface area contributed by atoms with Crippen LogP contribution in [0.15, 0.2) is 24.3 Å². The SMILES string of the molecule is CC(N[S+]([O-])C(C)(C)C)c1cccc(C2CC2)c1. The highest BCUT2D eigenvalue weighted by molar-refractivity contribution is 7.90. The Hall–Kier alpha value is -0.510. The minimum atomic E-state index is -1.02. The van der Waals surface area contributed by atoms with Crippen molar-refractivity contribution >= 4 is 11.4 Å². The summed E-state index contributed by atoms with van der Waals surface area (Å²) >= 11 is -1.02. The van der Waals surface area contributed by atoms with Crippen LogP contribution in [0, 0.1) is 0 Å². The summed E-state index contributed by atoms with van der Waals surface area (Å²) in [5.74, 6) is 0.769. The molecule has 3 heteroatoms. The van der Waals surface area contributed by atoms with Crippen molar-refractivity contribution in [1.82, 2.24) is 4.72 Å². The maximum absolute atomic E-state index is 12.1. The fourth-order valence-corrected chi connectivity index (χ4v) is 2.72. The lowest BCUT2D eigenvalue weighted by molar-refractivity contribution is 0.531. The van der Waals surface area contributed by atoms with Crippen LogP contribution >= 0.6 is 0 Å². The summed E-state index contributed by atoms with van der Waals surface area (Å²) in [5, 5.41) is 0. The molecular weight excluding hydrogens is 242 g/mol. The summed E-state index contributed by atoms with van der Waals surface area (Å²) in [5.41, 5.74) is 2.67.